The fraction of sp³-hybridized carbons (Fsp3) is 0.615. The van der Waals surface area contributed by atoms with E-state index in [1.165, 1.54) is 7.11 Å². The Bertz CT molecular complexity index is 391. The molecular formula is C13H20N2O3. The van der Waals surface area contributed by atoms with Crippen molar-refractivity contribution in [1.82, 2.24) is 4.57 Å². The predicted octanol–water partition coefficient (Wildman–Crippen LogP) is 1.39. The number of methoxy groups -OCH3 is 1. The van der Waals surface area contributed by atoms with Crippen LogP contribution in [0.2, 0.25) is 0 Å². The molecule has 2 heterocycles. The van der Waals surface area contributed by atoms with Crippen LogP contribution in [-0.2, 0) is 16.1 Å². The van der Waals surface area contributed by atoms with Gasteiger partial charge in [-0.2, -0.15) is 0 Å². The number of carbonyl (C=O) groups excluding carboxylic acids is 1. The smallest absolute Gasteiger partial charge is 0.314 e. The van der Waals surface area contributed by atoms with E-state index in [4.69, 9.17) is 4.74 Å². The van der Waals surface area contributed by atoms with Crippen LogP contribution < -0.4 is 0 Å². The minimum atomic E-state index is -0.249. The van der Waals surface area contributed by atoms with Crippen LogP contribution in [0, 0.1) is 11.1 Å². The first kappa shape index (κ1) is 13.1. The molecule has 1 fully saturated rings. The van der Waals surface area contributed by atoms with Crippen molar-refractivity contribution in [1.29, 1.82) is 0 Å². The second-order valence-electron chi connectivity index (χ2n) is 4.97. The lowest BCUT2D eigenvalue weighted by atomic mass is 10.1. The zero-order chi connectivity index (χ0) is 13.0. The maximum absolute atomic E-state index is 12.4. The highest BCUT2D eigenvalue weighted by Gasteiger charge is 2.36. The van der Waals surface area contributed by atoms with Gasteiger partial charge in [-0.25, -0.2) is 0 Å². The number of carbonyl (C=O) groups is 1. The van der Waals surface area contributed by atoms with Crippen molar-refractivity contribution in [3.05, 3.63) is 29.7 Å². The molecule has 1 aromatic heterocycles. The summed E-state index contributed by atoms with van der Waals surface area (Å²) >= 11 is 0. The predicted molar refractivity (Wildman–Crippen MR) is 67.4 cm³/mol. The maximum atomic E-state index is 12.4. The van der Waals surface area contributed by atoms with Crippen LogP contribution in [0.3, 0.4) is 0 Å². The van der Waals surface area contributed by atoms with Crippen molar-refractivity contribution in [3.63, 3.8) is 0 Å². The van der Waals surface area contributed by atoms with Crippen molar-refractivity contribution < 1.29 is 14.2 Å². The van der Waals surface area contributed by atoms with Crippen molar-refractivity contribution in [2.75, 3.05) is 26.7 Å². The van der Waals surface area contributed by atoms with E-state index in [2.05, 4.69) is 4.57 Å². The summed E-state index contributed by atoms with van der Waals surface area (Å²) in [5.74, 6) is -0.449. The van der Waals surface area contributed by atoms with E-state index in [1.807, 2.05) is 24.5 Å². The first-order valence-corrected chi connectivity index (χ1v) is 6.39. The highest BCUT2D eigenvalue weighted by atomic mass is 16.6. The normalized spacial score (nSPS) is 27.3. The lowest BCUT2D eigenvalue weighted by Crippen LogP contribution is -2.41. The van der Waals surface area contributed by atoms with Gasteiger partial charge in [0.15, 0.2) is 0 Å². The van der Waals surface area contributed by atoms with E-state index < -0.39 is 0 Å². The number of aromatic nitrogens is 1. The summed E-state index contributed by atoms with van der Waals surface area (Å²) in [5.41, 5.74) is 0. The molecule has 5 heteroatoms. The minimum Gasteiger partial charge on any atom is -0.633 e. The molecule has 1 aromatic rings. The average Bonchev–Trinajstić information content (AvgIpc) is 2.98. The molecule has 2 atom stereocenters. The van der Waals surface area contributed by atoms with E-state index in [0.717, 1.165) is 13.0 Å². The number of hydrogen-bond donors (Lipinski definition) is 0. The van der Waals surface area contributed by atoms with Gasteiger partial charge in [0, 0.05) is 31.8 Å². The SMILES string of the molecule is COC(=O)C1CC[N+]([O-])(CCCn2cccc2)C1. The molecule has 1 aliphatic rings. The number of aryl methyl sites for hydroxylation is 1. The lowest BCUT2D eigenvalue weighted by molar-refractivity contribution is -0.869. The number of hydrogen-bond acceptors (Lipinski definition) is 3. The average molecular weight is 252 g/mol. The van der Waals surface area contributed by atoms with Crippen LogP contribution >= 0.6 is 0 Å². The molecule has 0 aromatic carbocycles. The molecule has 0 bridgehead atoms. The van der Waals surface area contributed by atoms with Crippen LogP contribution in [0.5, 0.6) is 0 Å². The van der Waals surface area contributed by atoms with Gasteiger partial charge < -0.3 is 19.2 Å². The van der Waals surface area contributed by atoms with Crippen LogP contribution in [-0.4, -0.2) is 41.9 Å². The number of quaternary nitrogens is 1. The van der Waals surface area contributed by atoms with E-state index in [0.29, 0.717) is 26.1 Å². The van der Waals surface area contributed by atoms with Gasteiger partial charge in [-0.3, -0.25) is 4.79 Å². The van der Waals surface area contributed by atoms with Gasteiger partial charge in [0.2, 0.25) is 0 Å². The zero-order valence-electron chi connectivity index (χ0n) is 10.7. The molecule has 0 aliphatic carbocycles. The monoisotopic (exact) mass is 252 g/mol. The van der Waals surface area contributed by atoms with E-state index in [9.17, 15) is 10.0 Å². The third kappa shape index (κ3) is 3.11. The molecule has 0 amide bonds. The Morgan fingerprint density at radius 1 is 1.50 bits per heavy atom. The van der Waals surface area contributed by atoms with E-state index in [-0.39, 0.29) is 16.5 Å². The van der Waals surface area contributed by atoms with Crippen LogP contribution in [0.1, 0.15) is 12.8 Å². The summed E-state index contributed by atoms with van der Waals surface area (Å²) in [6.07, 6.45) is 5.48. The number of likely N-dealkylation sites (tertiary alicyclic amines) is 1. The minimum absolute atomic E-state index is 0.209. The lowest BCUT2D eigenvalue weighted by Gasteiger charge is -2.38. The molecule has 100 valence electrons. The Morgan fingerprint density at radius 3 is 2.89 bits per heavy atom. The summed E-state index contributed by atoms with van der Waals surface area (Å²) in [6.45, 7) is 2.34. The molecule has 0 N–H and O–H groups in total. The summed E-state index contributed by atoms with van der Waals surface area (Å²) < 4.78 is 6.52. The number of esters is 1. The number of nitrogens with zero attached hydrogens (tertiary/aromatic N) is 2. The van der Waals surface area contributed by atoms with Crippen LogP contribution in [0.4, 0.5) is 0 Å². The van der Waals surface area contributed by atoms with E-state index in [1.54, 1.807) is 0 Å². The Morgan fingerprint density at radius 2 is 2.22 bits per heavy atom. The summed E-state index contributed by atoms with van der Waals surface area (Å²) in [5, 5.41) is 12.4. The summed E-state index contributed by atoms with van der Waals surface area (Å²) in [7, 11) is 1.38. The van der Waals surface area contributed by atoms with E-state index >= 15 is 0 Å². The van der Waals surface area contributed by atoms with Gasteiger partial charge in [0.1, 0.15) is 5.92 Å². The Balaban J connectivity index is 1.77. The summed E-state index contributed by atoms with van der Waals surface area (Å²) in [4.78, 5) is 11.4. The first-order chi connectivity index (χ1) is 8.63. The van der Waals surface area contributed by atoms with Crippen LogP contribution in [0.15, 0.2) is 24.5 Å². The highest BCUT2D eigenvalue weighted by molar-refractivity contribution is 5.72. The Kier molecular flexibility index (Phi) is 4.04. The fourth-order valence-electron chi connectivity index (χ4n) is 2.60. The zero-order valence-corrected chi connectivity index (χ0v) is 10.7. The third-order valence-corrected chi connectivity index (χ3v) is 3.62. The number of ether oxygens (including phenoxy) is 1. The molecular weight excluding hydrogens is 232 g/mol. The Labute approximate surface area is 107 Å². The standard InChI is InChI=1S/C13H20N2O3/c1-18-13(16)12-5-10-15(17,11-12)9-4-8-14-6-2-3-7-14/h2-3,6-7,12H,4-5,8-11H2,1H3. The van der Waals surface area contributed by atoms with Gasteiger partial charge in [-0.1, -0.05) is 0 Å². The molecule has 0 saturated carbocycles. The quantitative estimate of drug-likeness (QED) is 0.452. The Hall–Kier alpha value is -1.33. The van der Waals surface area contributed by atoms with Crippen molar-refractivity contribution >= 4 is 5.97 Å². The van der Waals surface area contributed by atoms with Crippen LogP contribution in [0.25, 0.3) is 0 Å². The highest BCUT2D eigenvalue weighted by Crippen LogP contribution is 2.24. The molecule has 0 spiro atoms. The molecule has 1 aliphatic heterocycles. The van der Waals surface area contributed by atoms with Crippen molar-refractivity contribution in [3.8, 4) is 0 Å². The summed E-state index contributed by atoms with van der Waals surface area (Å²) in [6, 6.07) is 3.95. The molecule has 2 unspecified atom stereocenters. The molecule has 0 radical (unpaired) electrons. The van der Waals surface area contributed by atoms with Gasteiger partial charge in [0.05, 0.1) is 26.7 Å². The largest absolute Gasteiger partial charge is 0.633 e. The maximum Gasteiger partial charge on any atom is 0.314 e. The van der Waals surface area contributed by atoms with Crippen molar-refractivity contribution in [2.45, 2.75) is 19.4 Å². The van der Waals surface area contributed by atoms with Gasteiger partial charge in [-0.15, -0.1) is 0 Å². The van der Waals surface area contributed by atoms with Gasteiger partial charge in [0.25, 0.3) is 0 Å². The topological polar surface area (TPSA) is 54.3 Å². The molecule has 18 heavy (non-hydrogen) atoms. The third-order valence-electron chi connectivity index (χ3n) is 3.62. The van der Waals surface area contributed by atoms with Gasteiger partial charge >= 0.3 is 5.97 Å². The molecule has 2 rings (SSSR count). The second kappa shape index (κ2) is 5.54. The number of rotatable bonds is 5. The molecule has 1 saturated heterocycles. The van der Waals surface area contributed by atoms with Gasteiger partial charge in [-0.05, 0) is 12.1 Å². The van der Waals surface area contributed by atoms with Crippen molar-refractivity contribution in [2.24, 2.45) is 5.92 Å². The molecule has 5 nitrogen and oxygen atoms in total. The fourth-order valence-corrected chi connectivity index (χ4v) is 2.60. The first-order valence-electron chi connectivity index (χ1n) is 6.39. The second-order valence-corrected chi connectivity index (χ2v) is 4.97. The number of hydroxylamine groups is 3.